The van der Waals surface area contributed by atoms with Gasteiger partial charge in [0.25, 0.3) is 5.91 Å². The lowest BCUT2D eigenvalue weighted by Crippen LogP contribution is -2.54. The van der Waals surface area contributed by atoms with Gasteiger partial charge >= 0.3 is 12.1 Å². The summed E-state index contributed by atoms with van der Waals surface area (Å²) in [4.78, 5) is 68.4. The monoisotopic (exact) mass is 663 g/mol. The number of carbonyl (C=O) groups is 5. The smallest absolute Gasteiger partial charge is 0.435 e. The number of carbonyl (C=O) groups excluding carboxylic acids is 5. The lowest BCUT2D eigenvalue weighted by molar-refractivity contribution is -0.143. The van der Waals surface area contributed by atoms with E-state index in [1.54, 1.807) is 6.92 Å². The number of nitrogens with zero attached hydrogens (tertiary/aromatic N) is 2. The van der Waals surface area contributed by atoms with E-state index in [1.807, 2.05) is 20.8 Å². The number of aliphatic imine (C=N–C) groups is 1. The lowest BCUT2D eigenvalue weighted by atomic mass is 10.0. The fourth-order valence-electron chi connectivity index (χ4n) is 4.69. The molecule has 4 N–H and O–H groups in total. The maximum absolute atomic E-state index is 13.4. The number of imide groups is 1. The maximum atomic E-state index is 13.4. The number of amidine groups is 1. The molecule has 0 bridgehead atoms. The molecule has 1 aromatic carbocycles. The van der Waals surface area contributed by atoms with Crippen LogP contribution in [0.3, 0.4) is 0 Å². The lowest BCUT2D eigenvalue weighted by Gasteiger charge is -2.29. The molecular weight excluding hydrogens is 614 g/mol. The summed E-state index contributed by atoms with van der Waals surface area (Å²) in [6.07, 6.45) is 0.555. The van der Waals surface area contributed by atoms with E-state index >= 15 is 0 Å². The molecule has 1 aliphatic heterocycles. The Bertz CT molecular complexity index is 1190. The standard InChI is InChI=1S/C32H49N5O10/c1-5-43-14-15-44-16-17-45-18-19-47-32(42)35-28(33)23-9-11-24(12-10-23)29(39)36-30(40)26-8-7-13-37(26)31(41)25(20-22(3)4)34-21-27(38)46-6-2/h9-12,22,25-26,34H,5-8,13-21H2,1-4H3,(H2,33,35,42)(H,36,39,40)/t25-,26+/m1/s1. The third kappa shape index (κ3) is 14.6. The first-order chi connectivity index (χ1) is 22.6. The highest BCUT2D eigenvalue weighted by Crippen LogP contribution is 2.21. The number of esters is 1. The number of ether oxygens (including phenoxy) is 5. The Hall–Kier alpha value is -3.92. The highest BCUT2D eigenvalue weighted by atomic mass is 16.6. The zero-order valence-electron chi connectivity index (χ0n) is 27.8. The van der Waals surface area contributed by atoms with E-state index in [9.17, 15) is 24.0 Å². The van der Waals surface area contributed by atoms with Gasteiger partial charge in [-0.25, -0.2) is 4.79 Å². The van der Waals surface area contributed by atoms with Gasteiger partial charge in [-0.15, -0.1) is 0 Å². The molecule has 0 aromatic heterocycles. The van der Waals surface area contributed by atoms with Crippen molar-refractivity contribution in [3.63, 3.8) is 0 Å². The summed E-state index contributed by atoms with van der Waals surface area (Å²) in [6, 6.07) is 4.32. The van der Waals surface area contributed by atoms with Gasteiger partial charge in [-0.05, 0) is 51.2 Å². The summed E-state index contributed by atoms with van der Waals surface area (Å²) in [7, 11) is 0. The molecule has 0 aliphatic carbocycles. The number of hydrogen-bond acceptors (Lipinski definition) is 11. The minimum Gasteiger partial charge on any atom is -0.465 e. The Labute approximate surface area is 275 Å². The van der Waals surface area contributed by atoms with Gasteiger partial charge in [-0.2, -0.15) is 4.99 Å². The van der Waals surface area contributed by atoms with Crippen molar-refractivity contribution in [2.75, 3.05) is 65.9 Å². The largest absolute Gasteiger partial charge is 0.465 e. The van der Waals surface area contributed by atoms with E-state index in [-0.39, 0.29) is 49.6 Å². The van der Waals surface area contributed by atoms with Crippen LogP contribution in [-0.2, 0) is 38.1 Å². The first kappa shape index (κ1) is 39.3. The molecule has 0 saturated carbocycles. The van der Waals surface area contributed by atoms with Gasteiger partial charge in [0.05, 0.1) is 52.2 Å². The topological polar surface area (TPSA) is 197 Å². The summed E-state index contributed by atoms with van der Waals surface area (Å²) in [5.41, 5.74) is 6.46. The predicted molar refractivity (Wildman–Crippen MR) is 172 cm³/mol. The summed E-state index contributed by atoms with van der Waals surface area (Å²) in [5.74, 6) is -2.00. The second kappa shape index (κ2) is 21.8. The number of benzene rings is 1. The molecule has 0 radical (unpaired) electrons. The first-order valence-corrected chi connectivity index (χ1v) is 16.0. The average Bonchev–Trinajstić information content (AvgIpc) is 3.54. The van der Waals surface area contributed by atoms with E-state index < -0.39 is 36.0 Å². The molecule has 15 heteroatoms. The Balaban J connectivity index is 1.86. The molecule has 1 aliphatic rings. The van der Waals surface area contributed by atoms with Crippen molar-refractivity contribution in [1.29, 1.82) is 0 Å². The molecule has 2 atom stereocenters. The number of nitrogens with two attached hydrogens (primary N) is 1. The van der Waals surface area contributed by atoms with Crippen LogP contribution in [-0.4, -0.2) is 119 Å². The zero-order valence-corrected chi connectivity index (χ0v) is 27.8. The number of amides is 4. The van der Waals surface area contributed by atoms with Crippen LogP contribution in [0.1, 0.15) is 62.9 Å². The second-order valence-electron chi connectivity index (χ2n) is 11.0. The van der Waals surface area contributed by atoms with Crippen LogP contribution in [0.4, 0.5) is 4.79 Å². The number of nitrogens with one attached hydrogen (secondary N) is 2. The van der Waals surface area contributed by atoms with Crippen molar-refractivity contribution >= 4 is 35.6 Å². The predicted octanol–water partition coefficient (Wildman–Crippen LogP) is 1.41. The Morgan fingerprint density at radius 3 is 2.13 bits per heavy atom. The zero-order chi connectivity index (χ0) is 34.6. The Kier molecular flexibility index (Phi) is 18.2. The molecular formula is C32H49N5O10. The summed E-state index contributed by atoms with van der Waals surface area (Å²) >= 11 is 0. The van der Waals surface area contributed by atoms with Crippen LogP contribution in [0, 0.1) is 5.92 Å². The van der Waals surface area contributed by atoms with Crippen LogP contribution in [0.25, 0.3) is 0 Å². The van der Waals surface area contributed by atoms with Gasteiger partial charge in [-0.1, -0.05) is 26.0 Å². The molecule has 262 valence electrons. The minimum atomic E-state index is -0.895. The van der Waals surface area contributed by atoms with E-state index in [0.29, 0.717) is 64.4 Å². The molecule has 1 fully saturated rings. The summed E-state index contributed by atoms with van der Waals surface area (Å²) in [5, 5.41) is 5.34. The summed E-state index contributed by atoms with van der Waals surface area (Å²) in [6.45, 7) is 10.5. The van der Waals surface area contributed by atoms with E-state index in [2.05, 4.69) is 15.6 Å². The third-order valence-electron chi connectivity index (χ3n) is 6.93. The van der Waals surface area contributed by atoms with Crippen molar-refractivity contribution in [3.8, 4) is 0 Å². The van der Waals surface area contributed by atoms with Crippen molar-refractivity contribution in [2.24, 2.45) is 16.6 Å². The van der Waals surface area contributed by atoms with Gasteiger partial charge in [0.15, 0.2) is 0 Å². The van der Waals surface area contributed by atoms with E-state index in [1.165, 1.54) is 29.2 Å². The molecule has 4 amide bonds. The summed E-state index contributed by atoms with van der Waals surface area (Å²) < 4.78 is 25.7. The van der Waals surface area contributed by atoms with Crippen LogP contribution in [0.15, 0.2) is 29.3 Å². The fourth-order valence-corrected chi connectivity index (χ4v) is 4.69. The third-order valence-corrected chi connectivity index (χ3v) is 6.93. The van der Waals surface area contributed by atoms with Crippen molar-refractivity contribution in [2.45, 2.75) is 59.0 Å². The van der Waals surface area contributed by atoms with Gasteiger partial charge in [0, 0.05) is 24.3 Å². The Morgan fingerprint density at radius 1 is 0.894 bits per heavy atom. The quantitative estimate of drug-likeness (QED) is 0.0597. The number of likely N-dealkylation sites (tertiary alicyclic amines) is 1. The first-order valence-electron chi connectivity index (χ1n) is 16.0. The molecule has 2 rings (SSSR count). The van der Waals surface area contributed by atoms with E-state index in [0.717, 1.165) is 0 Å². The molecule has 15 nitrogen and oxygen atoms in total. The Morgan fingerprint density at radius 2 is 1.51 bits per heavy atom. The normalized spacial score (nSPS) is 15.4. The molecule has 47 heavy (non-hydrogen) atoms. The van der Waals surface area contributed by atoms with Crippen LogP contribution in [0.5, 0.6) is 0 Å². The SMILES string of the molecule is CCOCCOCCOCCOC(=O)N=C(N)c1ccc(C(=O)NC(=O)[C@@H]2CCCN2C(=O)[C@@H](CC(C)C)NCC(=O)OCC)cc1. The highest BCUT2D eigenvalue weighted by molar-refractivity contribution is 6.08. The van der Waals surface area contributed by atoms with Crippen LogP contribution < -0.4 is 16.4 Å². The van der Waals surface area contributed by atoms with Crippen molar-refractivity contribution in [3.05, 3.63) is 35.4 Å². The minimum absolute atomic E-state index is 0.0196. The van der Waals surface area contributed by atoms with Crippen LogP contribution >= 0.6 is 0 Å². The van der Waals surface area contributed by atoms with Crippen LogP contribution in [0.2, 0.25) is 0 Å². The van der Waals surface area contributed by atoms with Crippen molar-refractivity contribution in [1.82, 2.24) is 15.5 Å². The van der Waals surface area contributed by atoms with Gasteiger partial charge in [0.2, 0.25) is 11.8 Å². The second-order valence-corrected chi connectivity index (χ2v) is 11.0. The van der Waals surface area contributed by atoms with Gasteiger partial charge < -0.3 is 34.3 Å². The average molecular weight is 664 g/mol. The number of hydrogen-bond donors (Lipinski definition) is 3. The molecule has 1 saturated heterocycles. The molecule has 0 unspecified atom stereocenters. The van der Waals surface area contributed by atoms with Crippen molar-refractivity contribution < 1.29 is 47.7 Å². The van der Waals surface area contributed by atoms with Gasteiger partial charge in [-0.3, -0.25) is 29.8 Å². The maximum Gasteiger partial charge on any atom is 0.435 e. The van der Waals surface area contributed by atoms with E-state index in [4.69, 9.17) is 29.4 Å². The molecule has 1 heterocycles. The molecule has 0 spiro atoms. The number of rotatable bonds is 20. The fraction of sp³-hybridized carbons (Fsp3) is 0.625. The van der Waals surface area contributed by atoms with Gasteiger partial charge in [0.1, 0.15) is 18.5 Å². The molecule has 1 aromatic rings. The highest BCUT2D eigenvalue weighted by Gasteiger charge is 2.38.